The first-order valence-corrected chi connectivity index (χ1v) is 9.57. The van der Waals surface area contributed by atoms with Gasteiger partial charge in [0, 0.05) is 11.8 Å². The molecule has 29 heavy (non-hydrogen) atoms. The fourth-order valence-corrected chi connectivity index (χ4v) is 4.03. The number of carbonyl (C=O) groups is 3. The Morgan fingerprint density at radius 2 is 1.83 bits per heavy atom. The first-order chi connectivity index (χ1) is 14.0. The van der Waals surface area contributed by atoms with Crippen LogP contribution in [0, 0.1) is 11.8 Å². The van der Waals surface area contributed by atoms with E-state index in [9.17, 15) is 14.4 Å². The molecule has 6 nitrogen and oxygen atoms in total. The average molecular weight is 390 g/mol. The Morgan fingerprint density at radius 1 is 1.07 bits per heavy atom. The van der Waals surface area contributed by atoms with Crippen LogP contribution in [0.1, 0.15) is 30.1 Å². The van der Waals surface area contributed by atoms with Gasteiger partial charge in [-0.05, 0) is 44.0 Å². The molecule has 0 bridgehead atoms. The number of carbonyl (C=O) groups excluding carboxylic acids is 3. The van der Waals surface area contributed by atoms with Crippen molar-refractivity contribution in [2.45, 2.75) is 19.8 Å². The molecule has 0 aromatic heterocycles. The number of hydrogen-bond acceptors (Lipinski definition) is 4. The maximum absolute atomic E-state index is 13.0. The van der Waals surface area contributed by atoms with Gasteiger partial charge in [0.2, 0.25) is 11.8 Å². The number of hydrogen-bond donors (Lipinski definition) is 1. The van der Waals surface area contributed by atoms with Crippen molar-refractivity contribution in [3.63, 3.8) is 0 Å². The van der Waals surface area contributed by atoms with E-state index in [1.807, 2.05) is 13.0 Å². The summed E-state index contributed by atoms with van der Waals surface area (Å²) in [5.41, 5.74) is 2.30. The minimum atomic E-state index is -0.390. The number of fused-ring (bicyclic) bond motifs is 1. The van der Waals surface area contributed by atoms with Crippen molar-refractivity contribution in [3.05, 3.63) is 65.7 Å². The molecule has 1 aliphatic carbocycles. The third kappa shape index (κ3) is 3.42. The quantitative estimate of drug-likeness (QED) is 0.637. The smallest absolute Gasteiger partial charge is 0.257 e. The van der Waals surface area contributed by atoms with Gasteiger partial charge in [0.15, 0.2) is 0 Å². The van der Waals surface area contributed by atoms with E-state index in [0.717, 1.165) is 5.57 Å². The molecule has 0 unspecified atom stereocenters. The molecule has 1 heterocycles. The molecule has 3 amide bonds. The Balaban J connectivity index is 1.64. The standard InChI is InChI=1S/C23H22N2O4/c1-14-10-11-17-19(12-14)23(28)25(22(17)27)20-9-4-3-8-18(20)21(26)24-15-6-5-7-16(13-15)29-2/h3-10,13,17,19H,11-12H2,1-2H3,(H,24,26)/t17-,19-/m1/s1. The number of anilines is 2. The molecule has 0 spiro atoms. The van der Waals surface area contributed by atoms with Crippen molar-refractivity contribution in [3.8, 4) is 5.75 Å². The zero-order valence-electron chi connectivity index (χ0n) is 16.3. The highest BCUT2D eigenvalue weighted by atomic mass is 16.5. The number of nitrogens with one attached hydrogen (secondary N) is 1. The van der Waals surface area contributed by atoms with Crippen molar-refractivity contribution in [1.29, 1.82) is 0 Å². The summed E-state index contributed by atoms with van der Waals surface area (Å²) in [5, 5.41) is 2.82. The van der Waals surface area contributed by atoms with Crippen LogP contribution in [0.3, 0.4) is 0 Å². The molecule has 2 aliphatic rings. The minimum absolute atomic E-state index is 0.228. The zero-order valence-corrected chi connectivity index (χ0v) is 16.3. The lowest BCUT2D eigenvalue weighted by Crippen LogP contribution is -2.33. The van der Waals surface area contributed by atoms with Crippen LogP contribution >= 0.6 is 0 Å². The zero-order chi connectivity index (χ0) is 20.5. The number of para-hydroxylation sites is 1. The summed E-state index contributed by atoms with van der Waals surface area (Å²) in [4.78, 5) is 40.2. The van der Waals surface area contributed by atoms with Gasteiger partial charge in [-0.2, -0.15) is 0 Å². The van der Waals surface area contributed by atoms with E-state index in [2.05, 4.69) is 5.32 Å². The Kier molecular flexibility index (Phi) is 4.92. The molecule has 1 saturated heterocycles. The number of nitrogens with zero attached hydrogens (tertiary/aromatic N) is 1. The second kappa shape index (κ2) is 7.54. The fraction of sp³-hybridized carbons (Fsp3) is 0.261. The van der Waals surface area contributed by atoms with Crippen molar-refractivity contribution >= 4 is 29.1 Å². The summed E-state index contributed by atoms with van der Waals surface area (Å²) < 4.78 is 5.18. The minimum Gasteiger partial charge on any atom is -0.497 e. The lowest BCUT2D eigenvalue weighted by Gasteiger charge is -2.19. The van der Waals surface area contributed by atoms with Crippen LogP contribution in [0.15, 0.2) is 60.2 Å². The molecule has 2 atom stereocenters. The van der Waals surface area contributed by atoms with Crippen LogP contribution in [0.4, 0.5) is 11.4 Å². The van der Waals surface area contributed by atoms with E-state index >= 15 is 0 Å². The van der Waals surface area contributed by atoms with Gasteiger partial charge < -0.3 is 10.1 Å². The van der Waals surface area contributed by atoms with Crippen LogP contribution in [0.2, 0.25) is 0 Å². The van der Waals surface area contributed by atoms with E-state index in [1.54, 1.807) is 55.6 Å². The van der Waals surface area contributed by atoms with Crippen LogP contribution in [0.25, 0.3) is 0 Å². The number of rotatable bonds is 4. The number of imide groups is 1. The van der Waals surface area contributed by atoms with E-state index in [-0.39, 0.29) is 29.2 Å². The average Bonchev–Trinajstić information content (AvgIpc) is 2.97. The second-order valence-corrected chi connectivity index (χ2v) is 7.42. The Bertz CT molecular complexity index is 1030. The summed E-state index contributed by atoms with van der Waals surface area (Å²) >= 11 is 0. The molecule has 2 aromatic carbocycles. The Morgan fingerprint density at radius 3 is 2.62 bits per heavy atom. The highest BCUT2D eigenvalue weighted by molar-refractivity contribution is 6.25. The van der Waals surface area contributed by atoms with E-state index in [1.165, 1.54) is 4.90 Å². The summed E-state index contributed by atoms with van der Waals surface area (Å²) in [6.45, 7) is 1.98. The SMILES string of the molecule is COc1cccc(NC(=O)c2ccccc2N2C(=O)[C@@H]3CC=C(C)C[C@H]3C2=O)c1. The van der Waals surface area contributed by atoms with E-state index in [0.29, 0.717) is 30.0 Å². The largest absolute Gasteiger partial charge is 0.497 e. The number of amides is 3. The van der Waals surface area contributed by atoms with Gasteiger partial charge in [-0.1, -0.05) is 29.8 Å². The molecule has 1 aliphatic heterocycles. The Labute approximate surface area is 169 Å². The van der Waals surface area contributed by atoms with Gasteiger partial charge in [-0.3, -0.25) is 14.4 Å². The van der Waals surface area contributed by atoms with E-state index < -0.39 is 5.91 Å². The van der Waals surface area contributed by atoms with Gasteiger partial charge in [0.05, 0.1) is 30.2 Å². The summed E-state index contributed by atoms with van der Waals surface area (Å²) in [5.74, 6) is -0.922. The molecular formula is C23H22N2O4. The number of benzene rings is 2. The Hall–Kier alpha value is -3.41. The highest BCUT2D eigenvalue weighted by Gasteiger charge is 2.49. The first-order valence-electron chi connectivity index (χ1n) is 9.57. The summed E-state index contributed by atoms with van der Waals surface area (Å²) in [7, 11) is 1.55. The first kappa shape index (κ1) is 18.9. The second-order valence-electron chi connectivity index (χ2n) is 7.42. The molecule has 0 saturated carbocycles. The number of allylic oxidation sites excluding steroid dienone is 2. The maximum Gasteiger partial charge on any atom is 0.257 e. The summed E-state index contributed by atoms with van der Waals surface area (Å²) in [6.07, 6.45) is 3.18. The van der Waals surface area contributed by atoms with Crippen LogP contribution < -0.4 is 15.0 Å². The normalized spacial score (nSPS) is 20.9. The summed E-state index contributed by atoms with van der Waals surface area (Å²) in [6, 6.07) is 13.7. The van der Waals surface area contributed by atoms with Crippen LogP contribution in [0.5, 0.6) is 5.75 Å². The molecule has 6 heteroatoms. The van der Waals surface area contributed by atoms with Crippen molar-refractivity contribution in [2.24, 2.45) is 11.8 Å². The molecule has 2 aromatic rings. The van der Waals surface area contributed by atoms with Gasteiger partial charge in [0.1, 0.15) is 5.75 Å². The topological polar surface area (TPSA) is 75.7 Å². The third-order valence-corrected chi connectivity index (χ3v) is 5.54. The molecule has 4 rings (SSSR count). The molecule has 1 fully saturated rings. The van der Waals surface area contributed by atoms with Crippen LogP contribution in [-0.4, -0.2) is 24.8 Å². The highest BCUT2D eigenvalue weighted by Crippen LogP contribution is 2.40. The number of methoxy groups -OCH3 is 1. The van der Waals surface area contributed by atoms with Gasteiger partial charge in [-0.25, -0.2) is 4.90 Å². The third-order valence-electron chi connectivity index (χ3n) is 5.54. The van der Waals surface area contributed by atoms with Crippen molar-refractivity contribution in [1.82, 2.24) is 0 Å². The number of ether oxygens (including phenoxy) is 1. The van der Waals surface area contributed by atoms with Crippen molar-refractivity contribution in [2.75, 3.05) is 17.3 Å². The van der Waals surface area contributed by atoms with Gasteiger partial charge >= 0.3 is 0 Å². The fourth-order valence-electron chi connectivity index (χ4n) is 4.03. The van der Waals surface area contributed by atoms with E-state index in [4.69, 9.17) is 4.74 Å². The maximum atomic E-state index is 13.0. The van der Waals surface area contributed by atoms with Gasteiger partial charge in [0.25, 0.3) is 5.91 Å². The van der Waals surface area contributed by atoms with Gasteiger partial charge in [-0.15, -0.1) is 0 Å². The predicted molar refractivity (Wildman–Crippen MR) is 110 cm³/mol. The predicted octanol–water partition coefficient (Wildman–Crippen LogP) is 3.79. The molecule has 1 N–H and O–H groups in total. The van der Waals surface area contributed by atoms with Crippen molar-refractivity contribution < 1.29 is 19.1 Å². The lowest BCUT2D eigenvalue weighted by atomic mass is 9.82. The van der Waals surface area contributed by atoms with Crippen LogP contribution in [-0.2, 0) is 9.59 Å². The molecule has 0 radical (unpaired) electrons. The molecular weight excluding hydrogens is 368 g/mol. The lowest BCUT2D eigenvalue weighted by molar-refractivity contribution is -0.122. The monoisotopic (exact) mass is 390 g/mol. The molecule has 148 valence electrons.